The van der Waals surface area contributed by atoms with Crippen LogP contribution in [0.3, 0.4) is 0 Å². The van der Waals surface area contributed by atoms with Crippen molar-refractivity contribution >= 4 is 0 Å². The largest absolute Gasteiger partial charge is 0.381 e. The normalized spacial score (nSPS) is 26.9. The maximum atomic E-state index is 6.03. The van der Waals surface area contributed by atoms with Crippen LogP contribution in [0, 0.1) is 11.3 Å². The molecule has 0 unspecified atom stereocenters. The first-order chi connectivity index (χ1) is 9.32. The molecule has 1 aromatic rings. The number of hydrogen-bond acceptors (Lipinski definition) is 3. The minimum Gasteiger partial charge on any atom is -0.381 e. The molecular weight excluding hydrogens is 236 g/mol. The Morgan fingerprint density at radius 2 is 1.95 bits per heavy atom. The Kier molecular flexibility index (Phi) is 3.87. The van der Waals surface area contributed by atoms with E-state index < -0.39 is 0 Å². The predicted molar refractivity (Wildman–Crippen MR) is 76.7 cm³/mol. The monoisotopic (exact) mass is 260 g/mol. The fourth-order valence-electron chi connectivity index (χ4n) is 3.78. The van der Waals surface area contributed by atoms with E-state index in [1.54, 1.807) is 0 Å². The Bertz CT molecular complexity index is 400. The number of likely N-dealkylation sites (tertiary alicyclic amines) is 1. The summed E-state index contributed by atoms with van der Waals surface area (Å²) in [6.07, 6.45) is 2.36. The molecule has 2 heterocycles. The van der Waals surface area contributed by atoms with E-state index in [4.69, 9.17) is 10.5 Å². The molecule has 2 fully saturated rings. The van der Waals surface area contributed by atoms with Crippen molar-refractivity contribution in [3.8, 4) is 0 Å². The standard InChI is InChI=1S/C16H24N2O/c17-10-15-12-18(11-14-4-2-1-3-5-14)13-16(15)6-8-19-9-7-16/h1-5,15H,6-13,17H2/t15-/m0/s1. The molecule has 2 saturated heterocycles. The van der Waals surface area contributed by atoms with Crippen LogP contribution in [0.4, 0.5) is 0 Å². The van der Waals surface area contributed by atoms with Gasteiger partial charge < -0.3 is 10.5 Å². The molecule has 2 aliphatic rings. The van der Waals surface area contributed by atoms with Crippen LogP contribution in [0.1, 0.15) is 18.4 Å². The van der Waals surface area contributed by atoms with Gasteiger partial charge in [-0.25, -0.2) is 0 Å². The first-order valence-electron chi connectivity index (χ1n) is 7.36. The molecule has 1 atom stereocenters. The van der Waals surface area contributed by atoms with Crippen molar-refractivity contribution in [1.29, 1.82) is 0 Å². The second kappa shape index (κ2) is 5.61. The molecule has 0 saturated carbocycles. The van der Waals surface area contributed by atoms with Gasteiger partial charge in [0.2, 0.25) is 0 Å². The first-order valence-corrected chi connectivity index (χ1v) is 7.36. The van der Waals surface area contributed by atoms with Crippen molar-refractivity contribution in [2.24, 2.45) is 17.1 Å². The van der Waals surface area contributed by atoms with E-state index in [1.165, 1.54) is 24.9 Å². The molecule has 0 amide bonds. The van der Waals surface area contributed by atoms with Crippen LogP contribution in [0.25, 0.3) is 0 Å². The van der Waals surface area contributed by atoms with Crippen molar-refractivity contribution in [3.05, 3.63) is 35.9 Å². The predicted octanol–water partition coefficient (Wildman–Crippen LogP) is 1.87. The fourth-order valence-corrected chi connectivity index (χ4v) is 3.78. The maximum absolute atomic E-state index is 6.03. The van der Waals surface area contributed by atoms with E-state index in [1.807, 2.05) is 0 Å². The summed E-state index contributed by atoms with van der Waals surface area (Å²) in [6.45, 7) is 6.02. The van der Waals surface area contributed by atoms with Gasteiger partial charge in [0.15, 0.2) is 0 Å². The van der Waals surface area contributed by atoms with Crippen molar-refractivity contribution in [3.63, 3.8) is 0 Å². The van der Waals surface area contributed by atoms with Crippen LogP contribution in [-0.2, 0) is 11.3 Å². The first kappa shape index (κ1) is 13.1. The van der Waals surface area contributed by atoms with E-state index >= 15 is 0 Å². The Balaban J connectivity index is 1.69. The highest BCUT2D eigenvalue weighted by molar-refractivity contribution is 5.15. The molecule has 19 heavy (non-hydrogen) atoms. The van der Waals surface area contributed by atoms with Crippen LogP contribution in [0.2, 0.25) is 0 Å². The van der Waals surface area contributed by atoms with Crippen molar-refractivity contribution in [2.75, 3.05) is 32.8 Å². The lowest BCUT2D eigenvalue weighted by atomic mass is 9.72. The smallest absolute Gasteiger partial charge is 0.0471 e. The lowest BCUT2D eigenvalue weighted by molar-refractivity contribution is 0.00103. The third-order valence-corrected chi connectivity index (χ3v) is 4.91. The van der Waals surface area contributed by atoms with Gasteiger partial charge >= 0.3 is 0 Å². The summed E-state index contributed by atoms with van der Waals surface area (Å²) in [4.78, 5) is 2.58. The minimum atomic E-state index is 0.418. The van der Waals surface area contributed by atoms with Gasteiger partial charge in [-0.05, 0) is 36.3 Å². The molecule has 0 radical (unpaired) electrons. The van der Waals surface area contributed by atoms with Crippen LogP contribution >= 0.6 is 0 Å². The molecule has 2 N–H and O–H groups in total. The van der Waals surface area contributed by atoms with E-state index in [9.17, 15) is 0 Å². The summed E-state index contributed by atoms with van der Waals surface area (Å²) in [6, 6.07) is 10.8. The third-order valence-electron chi connectivity index (χ3n) is 4.91. The van der Waals surface area contributed by atoms with Crippen molar-refractivity contribution < 1.29 is 4.74 Å². The molecule has 3 heteroatoms. The summed E-state index contributed by atoms with van der Waals surface area (Å²) < 4.78 is 5.54. The van der Waals surface area contributed by atoms with Crippen molar-refractivity contribution in [1.82, 2.24) is 4.90 Å². The second-order valence-electron chi connectivity index (χ2n) is 6.06. The zero-order chi connectivity index (χ0) is 13.1. The molecule has 3 nitrogen and oxygen atoms in total. The molecule has 104 valence electrons. The number of nitrogens with zero attached hydrogens (tertiary/aromatic N) is 1. The minimum absolute atomic E-state index is 0.418. The highest BCUT2D eigenvalue weighted by atomic mass is 16.5. The molecule has 0 aliphatic carbocycles. The molecule has 2 aliphatic heterocycles. The van der Waals surface area contributed by atoms with E-state index in [0.717, 1.165) is 32.8 Å². The van der Waals surface area contributed by atoms with E-state index in [0.29, 0.717) is 11.3 Å². The Morgan fingerprint density at radius 1 is 1.21 bits per heavy atom. The summed E-state index contributed by atoms with van der Waals surface area (Å²) in [5.41, 5.74) is 7.85. The van der Waals surface area contributed by atoms with Crippen LogP contribution in [0.5, 0.6) is 0 Å². The molecule has 0 aromatic heterocycles. The molecular formula is C16H24N2O. The zero-order valence-corrected chi connectivity index (χ0v) is 11.6. The van der Waals surface area contributed by atoms with Gasteiger partial charge in [0.05, 0.1) is 0 Å². The van der Waals surface area contributed by atoms with Crippen LogP contribution in [-0.4, -0.2) is 37.7 Å². The lowest BCUT2D eigenvalue weighted by Gasteiger charge is -2.37. The average Bonchev–Trinajstić information content (AvgIpc) is 2.78. The van der Waals surface area contributed by atoms with Gasteiger partial charge in [-0.2, -0.15) is 0 Å². The van der Waals surface area contributed by atoms with Gasteiger partial charge in [0, 0.05) is 32.8 Å². The molecule has 0 bridgehead atoms. The van der Waals surface area contributed by atoms with Crippen LogP contribution in [0.15, 0.2) is 30.3 Å². The Morgan fingerprint density at radius 3 is 2.63 bits per heavy atom. The van der Waals surface area contributed by atoms with Gasteiger partial charge in [-0.1, -0.05) is 30.3 Å². The summed E-state index contributed by atoms with van der Waals surface area (Å²) >= 11 is 0. The number of benzene rings is 1. The number of nitrogens with two attached hydrogens (primary N) is 1. The van der Waals surface area contributed by atoms with Crippen molar-refractivity contribution in [2.45, 2.75) is 19.4 Å². The van der Waals surface area contributed by atoms with Gasteiger partial charge in [-0.15, -0.1) is 0 Å². The summed E-state index contributed by atoms with van der Waals surface area (Å²) in [5, 5.41) is 0. The molecule has 1 spiro atoms. The number of ether oxygens (including phenoxy) is 1. The molecule has 1 aromatic carbocycles. The van der Waals surface area contributed by atoms with Gasteiger partial charge in [0.25, 0.3) is 0 Å². The fraction of sp³-hybridized carbons (Fsp3) is 0.625. The quantitative estimate of drug-likeness (QED) is 0.902. The van der Waals surface area contributed by atoms with Crippen LogP contribution < -0.4 is 5.73 Å². The maximum Gasteiger partial charge on any atom is 0.0471 e. The van der Waals surface area contributed by atoms with Gasteiger partial charge in [0.1, 0.15) is 0 Å². The number of hydrogen-bond donors (Lipinski definition) is 1. The third kappa shape index (κ3) is 2.69. The Hall–Kier alpha value is -0.900. The Labute approximate surface area is 115 Å². The lowest BCUT2D eigenvalue weighted by Crippen LogP contribution is -2.39. The topological polar surface area (TPSA) is 38.5 Å². The van der Waals surface area contributed by atoms with E-state index in [2.05, 4.69) is 35.2 Å². The van der Waals surface area contributed by atoms with E-state index in [-0.39, 0.29) is 0 Å². The zero-order valence-electron chi connectivity index (χ0n) is 11.6. The average molecular weight is 260 g/mol. The van der Waals surface area contributed by atoms with Gasteiger partial charge in [-0.3, -0.25) is 4.90 Å². The second-order valence-corrected chi connectivity index (χ2v) is 6.06. The number of rotatable bonds is 3. The molecule has 3 rings (SSSR count). The SMILES string of the molecule is NC[C@H]1CN(Cc2ccccc2)CC12CCOCC2. The summed E-state index contributed by atoms with van der Waals surface area (Å²) in [5.74, 6) is 0.639. The highest BCUT2D eigenvalue weighted by Crippen LogP contribution is 2.44. The summed E-state index contributed by atoms with van der Waals surface area (Å²) in [7, 11) is 0. The highest BCUT2D eigenvalue weighted by Gasteiger charge is 2.46.